The highest BCUT2D eigenvalue weighted by Crippen LogP contribution is 2.35. The van der Waals surface area contributed by atoms with E-state index < -0.39 is 0 Å². The first-order valence-corrected chi connectivity index (χ1v) is 6.91. The van der Waals surface area contributed by atoms with Crippen LogP contribution in [-0.2, 0) is 6.42 Å². The van der Waals surface area contributed by atoms with Gasteiger partial charge in [0.05, 0.1) is 0 Å². The lowest BCUT2D eigenvalue weighted by Crippen LogP contribution is -1.81. The minimum Gasteiger partial charge on any atom is -0.139 e. The molecule has 0 amide bonds. The Morgan fingerprint density at radius 1 is 1.25 bits per heavy atom. The van der Waals surface area contributed by atoms with Crippen LogP contribution in [0.15, 0.2) is 34.8 Å². The molecule has 1 aliphatic rings. The molecule has 0 unspecified atom stereocenters. The SMILES string of the molecule is Cc1sc(-c2ccc3c(c2)C=CC3)cc1Br. The van der Waals surface area contributed by atoms with Crippen molar-refractivity contribution in [1.29, 1.82) is 0 Å². The lowest BCUT2D eigenvalue weighted by Gasteiger charge is -2.02. The predicted molar refractivity (Wildman–Crippen MR) is 74.9 cm³/mol. The summed E-state index contributed by atoms with van der Waals surface area (Å²) in [6, 6.07) is 8.97. The number of thiophene rings is 1. The summed E-state index contributed by atoms with van der Waals surface area (Å²) in [5.41, 5.74) is 4.14. The van der Waals surface area contributed by atoms with E-state index in [0.29, 0.717) is 0 Å². The first-order valence-electron chi connectivity index (χ1n) is 5.30. The van der Waals surface area contributed by atoms with Gasteiger partial charge in [0.15, 0.2) is 0 Å². The quantitative estimate of drug-likeness (QED) is 0.689. The Balaban J connectivity index is 2.10. The molecule has 0 spiro atoms. The van der Waals surface area contributed by atoms with E-state index in [9.17, 15) is 0 Å². The summed E-state index contributed by atoms with van der Waals surface area (Å²) >= 11 is 5.41. The van der Waals surface area contributed by atoms with E-state index in [2.05, 4.69) is 59.3 Å². The van der Waals surface area contributed by atoms with E-state index in [1.54, 1.807) is 0 Å². The first-order chi connectivity index (χ1) is 7.74. The number of hydrogen-bond donors (Lipinski definition) is 0. The molecule has 2 aromatic rings. The molecule has 0 fully saturated rings. The van der Waals surface area contributed by atoms with Gasteiger partial charge in [-0.15, -0.1) is 11.3 Å². The number of halogens is 1. The van der Waals surface area contributed by atoms with E-state index >= 15 is 0 Å². The van der Waals surface area contributed by atoms with Crippen molar-refractivity contribution in [3.8, 4) is 10.4 Å². The van der Waals surface area contributed by atoms with Crippen molar-refractivity contribution in [2.24, 2.45) is 0 Å². The lowest BCUT2D eigenvalue weighted by atomic mass is 10.1. The maximum Gasteiger partial charge on any atom is 0.0357 e. The van der Waals surface area contributed by atoms with Gasteiger partial charge in [-0.25, -0.2) is 0 Å². The maximum atomic E-state index is 3.57. The summed E-state index contributed by atoms with van der Waals surface area (Å²) in [4.78, 5) is 2.68. The van der Waals surface area contributed by atoms with Crippen molar-refractivity contribution in [3.63, 3.8) is 0 Å². The highest BCUT2D eigenvalue weighted by Gasteiger charge is 2.09. The minimum absolute atomic E-state index is 1.09. The van der Waals surface area contributed by atoms with Crippen LogP contribution in [0.3, 0.4) is 0 Å². The summed E-state index contributed by atoms with van der Waals surface area (Å²) in [5, 5.41) is 0. The Morgan fingerprint density at radius 3 is 2.88 bits per heavy atom. The molecule has 16 heavy (non-hydrogen) atoms. The van der Waals surface area contributed by atoms with E-state index in [0.717, 1.165) is 6.42 Å². The zero-order valence-electron chi connectivity index (χ0n) is 8.96. The second-order valence-corrected chi connectivity index (χ2v) is 6.15. The van der Waals surface area contributed by atoms with Gasteiger partial charge in [0, 0.05) is 14.2 Å². The van der Waals surface area contributed by atoms with Gasteiger partial charge >= 0.3 is 0 Å². The van der Waals surface area contributed by atoms with Gasteiger partial charge < -0.3 is 0 Å². The molecular weight excluding hydrogens is 280 g/mol. The normalized spacial score (nSPS) is 13.1. The second kappa shape index (κ2) is 3.86. The largest absolute Gasteiger partial charge is 0.139 e. The Bertz CT molecular complexity index is 559. The molecule has 3 rings (SSSR count). The summed E-state index contributed by atoms with van der Waals surface area (Å²) in [6.45, 7) is 2.14. The van der Waals surface area contributed by atoms with Gasteiger partial charge in [0.2, 0.25) is 0 Å². The average Bonchev–Trinajstić information content (AvgIpc) is 2.85. The molecule has 0 nitrogen and oxygen atoms in total. The van der Waals surface area contributed by atoms with Crippen LogP contribution in [0.5, 0.6) is 0 Å². The number of benzene rings is 1. The Hall–Kier alpha value is -0.860. The third-order valence-corrected chi connectivity index (χ3v) is 5.11. The highest BCUT2D eigenvalue weighted by molar-refractivity contribution is 9.10. The molecule has 1 aliphatic carbocycles. The van der Waals surface area contributed by atoms with Crippen molar-refractivity contribution in [2.45, 2.75) is 13.3 Å². The molecule has 2 heteroatoms. The molecule has 0 N–H and O–H groups in total. The highest BCUT2D eigenvalue weighted by atomic mass is 79.9. The van der Waals surface area contributed by atoms with Gasteiger partial charge in [-0.2, -0.15) is 0 Å². The van der Waals surface area contributed by atoms with E-state index in [-0.39, 0.29) is 0 Å². The predicted octanol–water partition coefficient (Wildman–Crippen LogP) is 5.06. The molecule has 1 aromatic carbocycles. The zero-order valence-corrected chi connectivity index (χ0v) is 11.4. The van der Waals surface area contributed by atoms with Gasteiger partial charge in [-0.1, -0.05) is 24.3 Å². The van der Waals surface area contributed by atoms with Crippen LogP contribution < -0.4 is 0 Å². The van der Waals surface area contributed by atoms with Crippen molar-refractivity contribution >= 4 is 33.3 Å². The second-order valence-electron chi connectivity index (χ2n) is 4.03. The molecule has 1 aromatic heterocycles. The van der Waals surface area contributed by atoms with Crippen molar-refractivity contribution in [2.75, 3.05) is 0 Å². The Labute approximate surface area is 108 Å². The molecule has 0 saturated heterocycles. The monoisotopic (exact) mass is 290 g/mol. The standard InChI is InChI=1S/C14H11BrS/c1-9-13(15)8-14(16-9)12-6-5-10-3-2-4-11(10)7-12/h2,4-8H,3H2,1H3. The van der Waals surface area contributed by atoms with Crippen LogP contribution in [-0.4, -0.2) is 0 Å². The van der Waals surface area contributed by atoms with Crippen molar-refractivity contribution in [1.82, 2.24) is 0 Å². The Morgan fingerprint density at radius 2 is 2.12 bits per heavy atom. The van der Waals surface area contributed by atoms with Gasteiger partial charge in [0.25, 0.3) is 0 Å². The van der Waals surface area contributed by atoms with Crippen molar-refractivity contribution < 1.29 is 0 Å². The molecule has 0 radical (unpaired) electrons. The summed E-state index contributed by atoms with van der Waals surface area (Å²) in [7, 11) is 0. The third-order valence-electron chi connectivity index (χ3n) is 2.92. The summed E-state index contributed by atoms with van der Waals surface area (Å²) < 4.78 is 1.21. The van der Waals surface area contributed by atoms with Crippen LogP contribution in [0.2, 0.25) is 0 Å². The number of aryl methyl sites for hydroxylation is 1. The van der Waals surface area contributed by atoms with Crippen LogP contribution in [0.4, 0.5) is 0 Å². The fourth-order valence-electron chi connectivity index (χ4n) is 2.00. The zero-order chi connectivity index (χ0) is 11.1. The van der Waals surface area contributed by atoms with Gasteiger partial charge in [-0.3, -0.25) is 0 Å². The maximum absolute atomic E-state index is 3.57. The van der Waals surface area contributed by atoms with Crippen LogP contribution in [0.1, 0.15) is 16.0 Å². The number of allylic oxidation sites excluding steroid dienone is 1. The summed E-state index contributed by atoms with van der Waals surface area (Å²) in [5.74, 6) is 0. The van der Waals surface area contributed by atoms with Crippen LogP contribution in [0.25, 0.3) is 16.5 Å². The fourth-order valence-corrected chi connectivity index (χ4v) is 3.54. The fraction of sp³-hybridized carbons (Fsp3) is 0.143. The van der Waals surface area contributed by atoms with Gasteiger partial charge in [0.1, 0.15) is 0 Å². The van der Waals surface area contributed by atoms with Gasteiger partial charge in [-0.05, 0) is 58.1 Å². The van der Waals surface area contributed by atoms with E-state index in [1.165, 1.54) is 30.9 Å². The van der Waals surface area contributed by atoms with Crippen LogP contribution in [0, 0.1) is 6.92 Å². The topological polar surface area (TPSA) is 0 Å². The number of fused-ring (bicyclic) bond motifs is 1. The molecule has 0 bridgehead atoms. The molecule has 1 heterocycles. The van der Waals surface area contributed by atoms with Crippen molar-refractivity contribution in [3.05, 3.63) is 50.8 Å². The minimum atomic E-state index is 1.09. The third kappa shape index (κ3) is 1.66. The number of rotatable bonds is 1. The summed E-state index contributed by atoms with van der Waals surface area (Å²) in [6.07, 6.45) is 5.53. The molecule has 0 aliphatic heterocycles. The molecule has 0 atom stereocenters. The lowest BCUT2D eigenvalue weighted by molar-refractivity contribution is 1.31. The first kappa shape index (κ1) is 10.3. The smallest absolute Gasteiger partial charge is 0.0357 e. The molecular formula is C14H11BrS. The van der Waals surface area contributed by atoms with E-state index in [4.69, 9.17) is 0 Å². The average molecular weight is 291 g/mol. The Kier molecular flexibility index (Phi) is 2.49. The number of hydrogen-bond acceptors (Lipinski definition) is 1. The molecule has 0 saturated carbocycles. The molecule has 80 valence electrons. The van der Waals surface area contributed by atoms with E-state index in [1.807, 2.05) is 11.3 Å². The van der Waals surface area contributed by atoms with Crippen LogP contribution >= 0.6 is 27.3 Å².